The Morgan fingerprint density at radius 2 is 1.71 bits per heavy atom. The summed E-state index contributed by atoms with van der Waals surface area (Å²) in [6.07, 6.45) is 0. The van der Waals surface area contributed by atoms with E-state index in [4.69, 9.17) is 11.6 Å². The number of carbonyl (C=O) groups is 1. The molecule has 3 heteroatoms. The molecule has 0 radical (unpaired) electrons. The van der Waals surface area contributed by atoms with Crippen LogP contribution in [0.25, 0.3) is 15.7 Å². The van der Waals surface area contributed by atoms with E-state index in [1.165, 1.54) is 16.9 Å². The van der Waals surface area contributed by atoms with Gasteiger partial charge in [-0.2, -0.15) is 0 Å². The molecule has 0 aliphatic carbocycles. The van der Waals surface area contributed by atoms with Crippen LogP contribution in [-0.2, 0) is 5.41 Å². The van der Waals surface area contributed by atoms with Gasteiger partial charge in [0.1, 0.15) is 0 Å². The largest absolute Gasteiger partial charge is 0.288 e. The van der Waals surface area contributed by atoms with Crippen molar-refractivity contribution < 1.29 is 4.79 Å². The highest BCUT2D eigenvalue weighted by molar-refractivity contribution is 7.21. The van der Waals surface area contributed by atoms with Gasteiger partial charge >= 0.3 is 0 Å². The molecule has 122 valence electrons. The molecule has 24 heavy (non-hydrogen) atoms. The van der Waals surface area contributed by atoms with Crippen molar-refractivity contribution in [1.29, 1.82) is 0 Å². The Morgan fingerprint density at radius 1 is 1.04 bits per heavy atom. The first kappa shape index (κ1) is 16.9. The molecule has 1 nitrogen and oxygen atoms in total. The normalized spacial score (nSPS) is 11.7. The lowest BCUT2D eigenvalue weighted by atomic mass is 9.86. The second-order valence-electron chi connectivity index (χ2n) is 6.93. The molecule has 0 atom stereocenters. The molecule has 1 heterocycles. The zero-order valence-corrected chi connectivity index (χ0v) is 15.6. The van der Waals surface area contributed by atoms with Crippen LogP contribution in [0.1, 0.15) is 41.6 Å². The SMILES string of the molecule is C=C(C(=O)c1cc2ccc(Cl)cc2s1)c1ccc(C(C)(C)C)cc1. The molecule has 0 saturated carbocycles. The molecule has 0 amide bonds. The lowest BCUT2D eigenvalue weighted by Crippen LogP contribution is -2.10. The Morgan fingerprint density at radius 3 is 2.33 bits per heavy atom. The van der Waals surface area contributed by atoms with Crippen LogP contribution in [0, 0.1) is 0 Å². The summed E-state index contributed by atoms with van der Waals surface area (Å²) in [6, 6.07) is 15.7. The number of benzene rings is 2. The Bertz CT molecular complexity index is 927. The second kappa shape index (κ2) is 6.19. The molecular weight excluding hydrogens is 336 g/mol. The van der Waals surface area contributed by atoms with Crippen molar-refractivity contribution in [1.82, 2.24) is 0 Å². The predicted octanol–water partition coefficient (Wildman–Crippen LogP) is 6.75. The van der Waals surface area contributed by atoms with E-state index in [1.807, 2.05) is 36.4 Å². The van der Waals surface area contributed by atoms with Gasteiger partial charge in [0.25, 0.3) is 0 Å². The molecule has 0 bridgehead atoms. The van der Waals surface area contributed by atoms with Crippen LogP contribution in [0.5, 0.6) is 0 Å². The minimum atomic E-state index is -0.0316. The van der Waals surface area contributed by atoms with Gasteiger partial charge in [0.05, 0.1) is 4.88 Å². The maximum atomic E-state index is 12.8. The first-order chi connectivity index (χ1) is 11.3. The van der Waals surface area contributed by atoms with Crippen molar-refractivity contribution in [2.75, 3.05) is 0 Å². The molecule has 1 aromatic heterocycles. The maximum Gasteiger partial charge on any atom is 0.202 e. The predicted molar refractivity (Wildman–Crippen MR) is 105 cm³/mol. The molecule has 2 aromatic carbocycles. The lowest BCUT2D eigenvalue weighted by molar-refractivity contribution is 0.106. The summed E-state index contributed by atoms with van der Waals surface area (Å²) in [7, 11) is 0. The fourth-order valence-corrected chi connectivity index (χ4v) is 3.87. The number of thiophene rings is 1. The molecule has 0 aliphatic rings. The van der Waals surface area contributed by atoms with Crippen LogP contribution < -0.4 is 0 Å². The summed E-state index contributed by atoms with van der Waals surface area (Å²) >= 11 is 7.48. The highest BCUT2D eigenvalue weighted by Crippen LogP contribution is 2.31. The van der Waals surface area contributed by atoms with Crippen molar-refractivity contribution >= 4 is 44.4 Å². The number of Topliss-reactive ketones (excluding diaryl/α,β-unsaturated/α-hetero) is 1. The van der Waals surface area contributed by atoms with E-state index in [0.717, 1.165) is 15.6 Å². The monoisotopic (exact) mass is 354 g/mol. The molecular formula is C21H19ClOS. The van der Waals surface area contributed by atoms with Gasteiger partial charge in [-0.3, -0.25) is 4.79 Å². The molecule has 0 N–H and O–H groups in total. The molecule has 0 saturated heterocycles. The van der Waals surface area contributed by atoms with Crippen LogP contribution in [0.2, 0.25) is 5.02 Å². The van der Waals surface area contributed by atoms with E-state index >= 15 is 0 Å². The summed E-state index contributed by atoms with van der Waals surface area (Å²) in [5.41, 5.74) is 2.72. The Balaban J connectivity index is 1.89. The van der Waals surface area contributed by atoms with Crippen molar-refractivity contribution in [3.63, 3.8) is 0 Å². The summed E-state index contributed by atoms with van der Waals surface area (Å²) in [4.78, 5) is 13.5. The minimum Gasteiger partial charge on any atom is -0.288 e. The highest BCUT2D eigenvalue weighted by Gasteiger charge is 2.17. The summed E-state index contributed by atoms with van der Waals surface area (Å²) in [5, 5.41) is 1.71. The van der Waals surface area contributed by atoms with Gasteiger partial charge in [-0.25, -0.2) is 0 Å². The Kier molecular flexibility index (Phi) is 4.37. The van der Waals surface area contributed by atoms with Crippen LogP contribution in [0.3, 0.4) is 0 Å². The number of halogens is 1. The van der Waals surface area contributed by atoms with Crippen molar-refractivity contribution in [2.24, 2.45) is 0 Å². The van der Waals surface area contributed by atoms with Crippen LogP contribution in [-0.4, -0.2) is 5.78 Å². The quantitative estimate of drug-likeness (QED) is 0.375. The molecule has 0 fully saturated rings. The summed E-state index contributed by atoms with van der Waals surface area (Å²) in [6.45, 7) is 10.5. The molecule has 0 unspecified atom stereocenters. The van der Waals surface area contributed by atoms with E-state index < -0.39 is 0 Å². The van der Waals surface area contributed by atoms with Gasteiger partial charge in [0.15, 0.2) is 0 Å². The van der Waals surface area contributed by atoms with E-state index in [2.05, 4.69) is 39.5 Å². The van der Waals surface area contributed by atoms with E-state index in [0.29, 0.717) is 15.5 Å². The van der Waals surface area contributed by atoms with Crippen molar-refractivity contribution in [3.8, 4) is 0 Å². The standard InChI is InChI=1S/C21H19ClOS/c1-13(14-5-8-16(9-6-14)21(2,3)4)20(23)19-11-15-7-10-17(22)12-18(15)24-19/h5-12H,1H2,2-4H3. The smallest absolute Gasteiger partial charge is 0.202 e. The van der Waals surface area contributed by atoms with Crippen LogP contribution in [0.4, 0.5) is 0 Å². The van der Waals surface area contributed by atoms with E-state index in [-0.39, 0.29) is 11.2 Å². The number of ketones is 1. The van der Waals surface area contributed by atoms with Crippen LogP contribution >= 0.6 is 22.9 Å². The third kappa shape index (κ3) is 3.31. The summed E-state index contributed by atoms with van der Waals surface area (Å²) in [5.74, 6) is -0.0316. The van der Waals surface area contributed by atoms with E-state index in [9.17, 15) is 4.79 Å². The molecule has 3 aromatic rings. The number of fused-ring (bicyclic) bond motifs is 1. The van der Waals surface area contributed by atoms with Gasteiger partial charge < -0.3 is 0 Å². The van der Waals surface area contributed by atoms with Gasteiger partial charge in [0, 0.05) is 15.3 Å². The molecule has 0 spiro atoms. The van der Waals surface area contributed by atoms with Crippen LogP contribution in [0.15, 0.2) is 55.1 Å². The van der Waals surface area contributed by atoms with Gasteiger partial charge in [-0.05, 0) is 40.1 Å². The fraction of sp³-hybridized carbons (Fsp3) is 0.190. The first-order valence-corrected chi connectivity index (χ1v) is 8.99. The highest BCUT2D eigenvalue weighted by atomic mass is 35.5. The number of hydrogen-bond acceptors (Lipinski definition) is 2. The van der Waals surface area contributed by atoms with Crippen molar-refractivity contribution in [2.45, 2.75) is 26.2 Å². The van der Waals surface area contributed by atoms with E-state index in [1.54, 1.807) is 0 Å². The third-order valence-electron chi connectivity index (χ3n) is 4.08. The number of hydrogen-bond donors (Lipinski definition) is 0. The van der Waals surface area contributed by atoms with Crippen molar-refractivity contribution in [3.05, 3.63) is 76.1 Å². The second-order valence-corrected chi connectivity index (χ2v) is 8.45. The average Bonchev–Trinajstić information content (AvgIpc) is 2.95. The minimum absolute atomic E-state index is 0.0316. The first-order valence-electron chi connectivity index (χ1n) is 7.79. The Labute approximate surface area is 151 Å². The average molecular weight is 355 g/mol. The number of carbonyl (C=O) groups excluding carboxylic acids is 1. The van der Waals surface area contributed by atoms with Gasteiger partial charge in [0.2, 0.25) is 5.78 Å². The summed E-state index contributed by atoms with van der Waals surface area (Å²) < 4.78 is 1.02. The van der Waals surface area contributed by atoms with Gasteiger partial charge in [-0.1, -0.05) is 69.3 Å². The molecule has 0 aliphatic heterocycles. The molecule has 3 rings (SSSR count). The van der Waals surface area contributed by atoms with Gasteiger partial charge in [-0.15, -0.1) is 11.3 Å². The lowest BCUT2D eigenvalue weighted by Gasteiger charge is -2.19. The third-order valence-corrected chi connectivity index (χ3v) is 5.41. The zero-order valence-electron chi connectivity index (χ0n) is 14.0. The Hall–Kier alpha value is -1.90. The number of allylic oxidation sites excluding steroid dienone is 1. The number of rotatable bonds is 3. The maximum absolute atomic E-state index is 12.8. The topological polar surface area (TPSA) is 17.1 Å². The fourth-order valence-electron chi connectivity index (χ4n) is 2.57. The zero-order chi connectivity index (χ0) is 17.5.